The molecule has 3 heteroatoms. The van der Waals surface area contributed by atoms with Gasteiger partial charge in [0.1, 0.15) is 0 Å². The van der Waals surface area contributed by atoms with Gasteiger partial charge in [0, 0.05) is 24.2 Å². The monoisotopic (exact) mass is 428 g/mol. The summed E-state index contributed by atoms with van der Waals surface area (Å²) in [7, 11) is 0. The summed E-state index contributed by atoms with van der Waals surface area (Å²) in [6.45, 7) is 7.01. The Labute approximate surface area is 192 Å². The molecule has 1 amide bonds. The van der Waals surface area contributed by atoms with Crippen molar-refractivity contribution in [3.05, 3.63) is 42.0 Å². The summed E-state index contributed by atoms with van der Waals surface area (Å²) < 4.78 is 0. The Morgan fingerprint density at radius 3 is 1.58 bits per heavy atom. The molecule has 0 spiro atoms. The lowest BCUT2D eigenvalue weighted by Crippen LogP contribution is -2.14. The predicted molar refractivity (Wildman–Crippen MR) is 137 cm³/mol. The number of nitrogens with one attached hydrogen (secondary N) is 1. The fraction of sp³-hybridized carbons (Fsp3) is 0.679. The zero-order valence-electron chi connectivity index (χ0n) is 20.2. The molecule has 3 nitrogen and oxygen atoms in total. The van der Waals surface area contributed by atoms with E-state index in [1.165, 1.54) is 103 Å². The van der Waals surface area contributed by atoms with Crippen molar-refractivity contribution in [3.63, 3.8) is 0 Å². The highest BCUT2D eigenvalue weighted by atomic mass is 16.1. The smallest absolute Gasteiger partial charge is 0.244 e. The summed E-state index contributed by atoms with van der Waals surface area (Å²) >= 11 is 0. The van der Waals surface area contributed by atoms with Crippen LogP contribution in [0.4, 0.5) is 5.69 Å². The van der Waals surface area contributed by atoms with Crippen LogP contribution in [-0.2, 0) is 11.2 Å². The summed E-state index contributed by atoms with van der Waals surface area (Å²) in [5.41, 5.74) is 7.89. The van der Waals surface area contributed by atoms with Gasteiger partial charge in [-0.1, -0.05) is 122 Å². The highest BCUT2D eigenvalue weighted by Crippen LogP contribution is 2.15. The number of amides is 1. The molecule has 0 bridgehead atoms. The zero-order chi connectivity index (χ0) is 22.6. The molecular weight excluding hydrogens is 380 g/mol. The quantitative estimate of drug-likeness (QED) is 0.154. The standard InChI is InChI=1S/C28H48N2O/c1-3-4-5-6-7-8-9-10-11-12-13-14-15-16-17-18-23-30-27-21-19-26(20-22-27)24-25(2)28(29)31/h19-22,30H,2-18,23-24H2,1H3,(H2,29,31). The van der Waals surface area contributed by atoms with Crippen LogP contribution < -0.4 is 11.1 Å². The summed E-state index contributed by atoms with van der Waals surface area (Å²) in [6.07, 6.45) is 22.9. The van der Waals surface area contributed by atoms with E-state index in [9.17, 15) is 4.79 Å². The molecule has 0 aliphatic carbocycles. The van der Waals surface area contributed by atoms with Crippen molar-refractivity contribution in [3.8, 4) is 0 Å². The first kappa shape index (κ1) is 27.3. The van der Waals surface area contributed by atoms with Crippen LogP contribution in [0.1, 0.15) is 115 Å². The van der Waals surface area contributed by atoms with Crippen LogP contribution in [0, 0.1) is 0 Å². The minimum absolute atomic E-state index is 0.425. The Morgan fingerprint density at radius 1 is 0.742 bits per heavy atom. The zero-order valence-corrected chi connectivity index (χ0v) is 20.2. The maximum atomic E-state index is 11.1. The molecule has 0 fully saturated rings. The van der Waals surface area contributed by atoms with E-state index in [1.54, 1.807) is 0 Å². The maximum absolute atomic E-state index is 11.1. The summed E-state index contributed by atoms with van der Waals surface area (Å²) in [6, 6.07) is 8.19. The van der Waals surface area contributed by atoms with E-state index in [2.05, 4.69) is 31.0 Å². The minimum atomic E-state index is -0.425. The molecule has 0 saturated heterocycles. The number of nitrogens with two attached hydrogens (primary N) is 1. The SMILES string of the molecule is C=C(Cc1ccc(NCCCCCCCCCCCCCCCCCC)cc1)C(N)=O. The van der Waals surface area contributed by atoms with Gasteiger partial charge in [-0.15, -0.1) is 0 Å². The van der Waals surface area contributed by atoms with Gasteiger partial charge in [0.15, 0.2) is 0 Å². The first-order valence-electron chi connectivity index (χ1n) is 12.9. The fourth-order valence-corrected chi connectivity index (χ4v) is 3.98. The first-order chi connectivity index (χ1) is 15.1. The third-order valence-corrected chi connectivity index (χ3v) is 6.08. The topological polar surface area (TPSA) is 55.1 Å². The third-order valence-electron chi connectivity index (χ3n) is 6.08. The molecule has 0 aliphatic heterocycles. The van der Waals surface area contributed by atoms with Gasteiger partial charge >= 0.3 is 0 Å². The summed E-state index contributed by atoms with van der Waals surface area (Å²) in [5, 5.41) is 3.48. The molecule has 0 unspecified atom stereocenters. The molecule has 0 heterocycles. The highest BCUT2D eigenvalue weighted by Gasteiger charge is 2.03. The second kappa shape index (κ2) is 19.0. The lowest BCUT2D eigenvalue weighted by Gasteiger charge is -2.08. The van der Waals surface area contributed by atoms with Crippen molar-refractivity contribution < 1.29 is 4.79 Å². The number of primary amides is 1. The van der Waals surface area contributed by atoms with Crippen LogP contribution in [0.25, 0.3) is 0 Å². The van der Waals surface area contributed by atoms with Crippen LogP contribution >= 0.6 is 0 Å². The van der Waals surface area contributed by atoms with Gasteiger partial charge in [0.05, 0.1) is 0 Å². The Balaban J connectivity index is 1.86. The van der Waals surface area contributed by atoms with Crippen molar-refractivity contribution in [2.75, 3.05) is 11.9 Å². The number of anilines is 1. The molecular formula is C28H48N2O. The first-order valence-corrected chi connectivity index (χ1v) is 12.9. The number of carbonyl (C=O) groups excluding carboxylic acids is 1. The molecule has 1 aromatic carbocycles. The van der Waals surface area contributed by atoms with E-state index in [0.29, 0.717) is 12.0 Å². The average molecular weight is 429 g/mol. The molecule has 0 saturated carbocycles. The van der Waals surface area contributed by atoms with Gasteiger partial charge in [0.2, 0.25) is 5.91 Å². The molecule has 0 aliphatic rings. The number of hydrogen-bond donors (Lipinski definition) is 2. The minimum Gasteiger partial charge on any atom is -0.385 e. The number of rotatable bonds is 21. The van der Waals surface area contributed by atoms with E-state index >= 15 is 0 Å². The number of unbranched alkanes of at least 4 members (excludes halogenated alkanes) is 15. The molecule has 0 aromatic heterocycles. The Kier molecular flexibility index (Phi) is 16.7. The highest BCUT2D eigenvalue weighted by molar-refractivity contribution is 5.91. The Bertz CT molecular complexity index is 579. The van der Waals surface area contributed by atoms with E-state index < -0.39 is 5.91 Å². The second-order valence-electron chi connectivity index (χ2n) is 9.07. The van der Waals surface area contributed by atoms with Gasteiger partial charge in [-0.3, -0.25) is 4.79 Å². The molecule has 3 N–H and O–H groups in total. The molecule has 1 aromatic rings. The third kappa shape index (κ3) is 15.6. The van der Waals surface area contributed by atoms with Crippen LogP contribution in [0.15, 0.2) is 36.4 Å². The fourth-order valence-electron chi connectivity index (χ4n) is 3.98. The predicted octanol–water partition coefficient (Wildman–Crippen LogP) is 7.94. The van der Waals surface area contributed by atoms with E-state index in [-0.39, 0.29) is 0 Å². The lowest BCUT2D eigenvalue weighted by atomic mass is 10.0. The molecule has 176 valence electrons. The number of hydrogen-bond acceptors (Lipinski definition) is 2. The maximum Gasteiger partial charge on any atom is 0.244 e. The van der Waals surface area contributed by atoms with E-state index in [0.717, 1.165) is 17.8 Å². The van der Waals surface area contributed by atoms with Crippen molar-refractivity contribution >= 4 is 11.6 Å². The average Bonchev–Trinajstić information content (AvgIpc) is 2.77. The van der Waals surface area contributed by atoms with E-state index in [1.807, 2.05) is 12.1 Å². The molecule has 0 radical (unpaired) electrons. The van der Waals surface area contributed by atoms with Gasteiger partial charge < -0.3 is 11.1 Å². The lowest BCUT2D eigenvalue weighted by molar-refractivity contribution is -0.114. The molecule has 0 atom stereocenters. The van der Waals surface area contributed by atoms with Crippen LogP contribution in [0.5, 0.6) is 0 Å². The summed E-state index contributed by atoms with van der Waals surface area (Å²) in [4.78, 5) is 11.1. The van der Waals surface area contributed by atoms with Crippen molar-refractivity contribution in [1.29, 1.82) is 0 Å². The van der Waals surface area contributed by atoms with Crippen LogP contribution in [0.3, 0.4) is 0 Å². The molecule has 31 heavy (non-hydrogen) atoms. The van der Waals surface area contributed by atoms with Crippen LogP contribution in [0.2, 0.25) is 0 Å². The second-order valence-corrected chi connectivity index (χ2v) is 9.07. The summed E-state index contributed by atoms with van der Waals surface area (Å²) in [5.74, 6) is -0.425. The van der Waals surface area contributed by atoms with Gasteiger partial charge in [-0.2, -0.15) is 0 Å². The van der Waals surface area contributed by atoms with Crippen LogP contribution in [-0.4, -0.2) is 12.5 Å². The number of benzene rings is 1. The van der Waals surface area contributed by atoms with Gasteiger partial charge in [0.25, 0.3) is 0 Å². The number of carbonyl (C=O) groups is 1. The van der Waals surface area contributed by atoms with Crippen molar-refractivity contribution in [2.24, 2.45) is 5.73 Å². The normalized spacial score (nSPS) is 10.9. The Hall–Kier alpha value is -1.77. The Morgan fingerprint density at radius 2 is 1.16 bits per heavy atom. The van der Waals surface area contributed by atoms with Crippen molar-refractivity contribution in [2.45, 2.75) is 116 Å². The van der Waals surface area contributed by atoms with Gasteiger partial charge in [-0.25, -0.2) is 0 Å². The molecule has 1 rings (SSSR count). The van der Waals surface area contributed by atoms with Gasteiger partial charge in [-0.05, 0) is 24.1 Å². The van der Waals surface area contributed by atoms with E-state index in [4.69, 9.17) is 5.73 Å². The largest absolute Gasteiger partial charge is 0.385 e. The van der Waals surface area contributed by atoms with Crippen molar-refractivity contribution in [1.82, 2.24) is 0 Å².